The van der Waals surface area contributed by atoms with Crippen molar-refractivity contribution in [3.05, 3.63) is 202 Å². The number of furan rings is 1. The van der Waals surface area contributed by atoms with E-state index in [0.29, 0.717) is 0 Å². The Kier molecular flexibility index (Phi) is 12.6. The first kappa shape index (κ1) is 58.9. The van der Waals surface area contributed by atoms with E-state index in [1.54, 1.807) is 0 Å². The minimum Gasteiger partial charge on any atom is -0.456 e. The van der Waals surface area contributed by atoms with Crippen LogP contribution in [0.3, 0.4) is 0 Å². The van der Waals surface area contributed by atoms with Gasteiger partial charge in [0, 0.05) is 61.8 Å². The Labute approximate surface area is 538 Å². The molecule has 0 saturated carbocycles. The largest absolute Gasteiger partial charge is 0.456 e. The van der Waals surface area contributed by atoms with Gasteiger partial charge in [-0.25, -0.2) is 0 Å². The number of fused-ring (bicyclic) bond motifs is 12. The van der Waals surface area contributed by atoms with Crippen molar-refractivity contribution in [1.82, 2.24) is 0 Å². The molecule has 0 saturated heterocycles. The summed E-state index contributed by atoms with van der Waals surface area (Å²) in [6, 6.07) is 60.7. The standard InChI is InChI=1S/C85H94BN3O/c1-51-42-64-67(84(16,17)40-38-81(64,10)11)48-71(51)88-72-47-61-60-46-66-68(85(18,19)41-39-83(66,14)15)49-74(60)90-75(61)50-69(72)86-77-73(88)43-52-22-20-21-23-59(52)76(77)62-44-57(33-35-70(62)89(86)58-32-34-63-65(45-58)82(12,13)37-36-80(63,8)9)87(55-28-24-53(25-29-55)78(2,3)4)56-30-26-54(27-31-56)79(5,6)7/h20-35,42-50H,36-41H2,1-19H3. The van der Waals surface area contributed by atoms with Gasteiger partial charge in [0.25, 0.3) is 0 Å². The molecule has 0 fully saturated rings. The van der Waals surface area contributed by atoms with E-state index >= 15 is 0 Å². The van der Waals surface area contributed by atoms with Crippen LogP contribution in [0.2, 0.25) is 0 Å². The molecule has 0 radical (unpaired) electrons. The van der Waals surface area contributed by atoms with E-state index in [1.165, 1.54) is 122 Å². The number of nitrogens with zero attached hydrogens (tertiary/aromatic N) is 3. The van der Waals surface area contributed by atoms with Gasteiger partial charge >= 0.3 is 6.85 Å². The summed E-state index contributed by atoms with van der Waals surface area (Å²) < 4.78 is 7.40. The zero-order chi connectivity index (χ0) is 63.5. The minimum absolute atomic E-state index is 0.00537. The molecule has 5 aliphatic rings. The monoisotopic (exact) mass is 1180 g/mol. The van der Waals surface area contributed by atoms with Crippen LogP contribution in [0, 0.1) is 6.92 Å². The van der Waals surface area contributed by atoms with Crippen LogP contribution in [0.1, 0.15) is 213 Å². The highest BCUT2D eigenvalue weighted by Crippen LogP contribution is 2.57. The predicted octanol–water partition coefficient (Wildman–Crippen LogP) is 22.9. The molecule has 3 heterocycles. The van der Waals surface area contributed by atoms with E-state index in [2.05, 4.69) is 298 Å². The minimum atomic E-state index is -0.232. The van der Waals surface area contributed by atoms with Gasteiger partial charge < -0.3 is 19.0 Å². The van der Waals surface area contributed by atoms with Crippen LogP contribution in [0.4, 0.5) is 45.5 Å². The summed E-state index contributed by atoms with van der Waals surface area (Å²) in [5.74, 6) is 0. The Morgan fingerprint density at radius 2 is 0.900 bits per heavy atom. The second-order valence-electron chi connectivity index (χ2n) is 34.3. The number of benzene rings is 9. The number of rotatable bonds is 5. The van der Waals surface area contributed by atoms with Gasteiger partial charge in [0.1, 0.15) is 11.2 Å². The van der Waals surface area contributed by atoms with Crippen LogP contribution in [-0.4, -0.2) is 6.85 Å². The summed E-state index contributed by atoms with van der Waals surface area (Å²) in [7, 11) is 0. The van der Waals surface area contributed by atoms with Gasteiger partial charge in [0.05, 0.1) is 0 Å². The van der Waals surface area contributed by atoms with Crippen molar-refractivity contribution in [1.29, 1.82) is 0 Å². The first-order valence-electron chi connectivity index (χ1n) is 33.9. The highest BCUT2D eigenvalue weighted by molar-refractivity contribution is 6.94. The fraction of sp³-hybridized carbons (Fsp3) is 0.388. The Bertz CT molecular complexity index is 4590. The maximum absolute atomic E-state index is 7.40. The summed E-state index contributed by atoms with van der Waals surface area (Å²) in [6.45, 7) is 45.5. The Morgan fingerprint density at radius 1 is 0.411 bits per heavy atom. The normalized spacial score (nSPS) is 18.8. The van der Waals surface area contributed by atoms with E-state index in [1.807, 2.05) is 0 Å². The number of hydrogen-bond acceptors (Lipinski definition) is 4. The Hall–Kier alpha value is -7.50. The van der Waals surface area contributed by atoms with Crippen molar-refractivity contribution in [2.75, 3.05) is 14.6 Å². The first-order valence-corrected chi connectivity index (χ1v) is 33.9. The molecule has 9 aromatic carbocycles. The molecule has 10 aromatic rings. The molecule has 1 aromatic heterocycles. The third kappa shape index (κ3) is 8.95. The molecular formula is C85H94BN3O. The lowest BCUT2D eigenvalue weighted by Crippen LogP contribution is -2.61. The van der Waals surface area contributed by atoms with E-state index in [4.69, 9.17) is 4.42 Å². The summed E-state index contributed by atoms with van der Waals surface area (Å²) >= 11 is 0. The molecule has 0 unspecified atom stereocenters. The highest BCUT2D eigenvalue weighted by atomic mass is 16.3. The lowest BCUT2D eigenvalue weighted by molar-refractivity contribution is 0.332. The Balaban J connectivity index is 1.07. The van der Waals surface area contributed by atoms with E-state index in [9.17, 15) is 0 Å². The number of aryl methyl sites for hydroxylation is 1. The SMILES string of the molecule is Cc1cc2c(cc1N1c3cc4c(cc3B3c5c1cc1ccccc1c5-c1cc(N(c5ccc(C(C)(C)C)cc5)c5ccc(C(C)(C)C)cc5)ccc1N3c1ccc3c(c1)C(C)(C)CCC3(C)C)oc1cc3c(cc14)C(C)(C)CCC3(C)C)C(C)(C)CCC2(C)C. The summed E-state index contributed by atoms with van der Waals surface area (Å²) in [6.07, 6.45) is 6.90. The zero-order valence-corrected chi connectivity index (χ0v) is 57.5. The van der Waals surface area contributed by atoms with Crippen molar-refractivity contribution < 1.29 is 4.42 Å². The third-order valence-corrected chi connectivity index (χ3v) is 23.2. The lowest BCUT2D eigenvalue weighted by atomic mass is 9.43. The average Bonchev–Trinajstić information content (AvgIpc) is 0.828. The molecule has 90 heavy (non-hydrogen) atoms. The van der Waals surface area contributed by atoms with Gasteiger partial charge in [-0.2, -0.15) is 0 Å². The second-order valence-corrected chi connectivity index (χ2v) is 34.3. The molecule has 0 bridgehead atoms. The van der Waals surface area contributed by atoms with Crippen molar-refractivity contribution in [2.45, 2.75) is 213 Å². The van der Waals surface area contributed by atoms with Crippen LogP contribution in [0.5, 0.6) is 0 Å². The van der Waals surface area contributed by atoms with Gasteiger partial charge in [-0.15, -0.1) is 0 Å². The molecule has 5 heteroatoms. The number of hydrogen-bond donors (Lipinski definition) is 0. The van der Waals surface area contributed by atoms with Crippen LogP contribution in [0.25, 0.3) is 43.8 Å². The fourth-order valence-corrected chi connectivity index (χ4v) is 17.1. The molecule has 2 aliphatic heterocycles. The fourth-order valence-electron chi connectivity index (χ4n) is 17.1. The van der Waals surface area contributed by atoms with Gasteiger partial charge in [0.15, 0.2) is 0 Å². The van der Waals surface area contributed by atoms with Crippen molar-refractivity contribution >= 4 is 96.0 Å². The smallest absolute Gasteiger partial charge is 0.333 e. The summed E-state index contributed by atoms with van der Waals surface area (Å²) in [4.78, 5) is 7.98. The van der Waals surface area contributed by atoms with Crippen molar-refractivity contribution in [2.24, 2.45) is 0 Å². The molecule has 4 nitrogen and oxygen atoms in total. The highest BCUT2D eigenvalue weighted by Gasteiger charge is 2.49. The first-order chi connectivity index (χ1) is 42.2. The van der Waals surface area contributed by atoms with Crippen LogP contribution in [-0.2, 0) is 43.3 Å². The topological polar surface area (TPSA) is 22.9 Å². The molecule has 458 valence electrons. The van der Waals surface area contributed by atoms with Gasteiger partial charge in [-0.1, -0.05) is 185 Å². The summed E-state index contributed by atoms with van der Waals surface area (Å²) in [5, 5.41) is 4.87. The zero-order valence-electron chi connectivity index (χ0n) is 57.5. The van der Waals surface area contributed by atoms with Crippen LogP contribution in [0.15, 0.2) is 156 Å². The van der Waals surface area contributed by atoms with Crippen molar-refractivity contribution in [3.8, 4) is 11.1 Å². The lowest BCUT2D eigenvalue weighted by Gasteiger charge is -2.48. The number of anilines is 8. The molecule has 3 aliphatic carbocycles. The molecular weight excluding hydrogens is 1090 g/mol. The molecule has 0 amide bonds. The predicted molar refractivity (Wildman–Crippen MR) is 388 cm³/mol. The van der Waals surface area contributed by atoms with E-state index in [0.717, 1.165) is 66.8 Å². The summed E-state index contributed by atoms with van der Waals surface area (Å²) in [5.41, 5.74) is 29.4. The van der Waals surface area contributed by atoms with Gasteiger partial charge in [0.2, 0.25) is 0 Å². The van der Waals surface area contributed by atoms with Crippen LogP contribution >= 0.6 is 0 Å². The van der Waals surface area contributed by atoms with Gasteiger partial charge in [-0.05, 0) is 257 Å². The van der Waals surface area contributed by atoms with E-state index in [-0.39, 0.29) is 50.2 Å². The maximum Gasteiger partial charge on any atom is 0.333 e. The Morgan fingerprint density at radius 3 is 1.48 bits per heavy atom. The van der Waals surface area contributed by atoms with Gasteiger partial charge in [-0.3, -0.25) is 0 Å². The second kappa shape index (κ2) is 19.3. The van der Waals surface area contributed by atoms with Crippen LogP contribution < -0.4 is 25.5 Å². The molecule has 15 rings (SSSR count). The van der Waals surface area contributed by atoms with Crippen molar-refractivity contribution in [3.63, 3.8) is 0 Å². The average molecular weight is 1180 g/mol. The maximum atomic E-state index is 7.40. The molecule has 0 N–H and O–H groups in total. The quantitative estimate of drug-likeness (QED) is 0.160. The molecule has 0 spiro atoms. The molecule has 0 atom stereocenters. The van der Waals surface area contributed by atoms with E-state index < -0.39 is 0 Å². The third-order valence-electron chi connectivity index (χ3n) is 23.2.